The van der Waals surface area contributed by atoms with Crippen molar-refractivity contribution in [3.63, 3.8) is 0 Å². The van der Waals surface area contributed by atoms with Gasteiger partial charge in [-0.25, -0.2) is 48.7 Å². The minimum atomic E-state index is -3.95. The number of ether oxygens (including phenoxy) is 4. The molecule has 4 amide bonds. The average molecular weight is 2030 g/mol. The smallest absolute Gasteiger partial charge is 0.433 e. The summed E-state index contributed by atoms with van der Waals surface area (Å²) in [7, 11) is -6.23. The topological polar surface area (TPSA) is 602 Å². The summed E-state index contributed by atoms with van der Waals surface area (Å²) in [5.74, 6) is -2.19. The van der Waals surface area contributed by atoms with Crippen LogP contribution >= 0.6 is 48.3 Å². The zero-order valence-corrected chi connectivity index (χ0v) is 76.5. The van der Waals surface area contributed by atoms with Crippen LogP contribution in [-0.2, 0) is 102 Å². The number of aliphatic hydroxyl groups is 1. The number of alkyl halides is 2. The number of imidazole rings is 4. The van der Waals surface area contributed by atoms with Gasteiger partial charge in [-0.05, 0) is 71.3 Å². The number of fused-ring (bicyclic) bond motifs is 7. The summed E-state index contributed by atoms with van der Waals surface area (Å²) < 4.78 is 143. The molecule has 13 heterocycles. The first-order valence-electron chi connectivity index (χ1n) is 39.9. The van der Waals surface area contributed by atoms with Crippen molar-refractivity contribution in [3.8, 4) is 17.9 Å². The standard InChI is InChI=1S/C34H36FN11O12P2S.C34H36FN11O11P2S.C7H8ClO2P.3CH4.H2/c1-17(2)30(48)43-34-42-29-25(32(50)44-34)40-16-46(29)33-26(57-59(51)52)23(35)21(56-33)13-54-60(61,53-10-6-9-36)58-19-11-22(55-20(19)12-47)45-15-39-24-27(37-14-38-28(24)45)41-31(49)18-7-4-3-5-8-18;1-17(2)30(47)43-34-42-29-25(32(49)44-34)40-16-46(29)33-26-23(35)21(55-33)13-53-59(60,52-10-6-9-36)57-19-11-22(54-20(19)12-51-58(50)56-26)45-15-39-24-27(37-14-38-28(24)45)41-31(48)18-7-4-3-5-8-18;1-11(8,9)10-7-5-3-2-4-6-7;;;;/h3-5,7-8,14-17,19-23,26,33,47H,6,10-13H2,1-2H3,(H3-,37,38,41,42,43,44,48,49,50,51,52);3-5,7-8,14-17,19-23,26,33,50H,6,10-13H2,1-2H3,(H,37,38,41,48)(H2,42,43,44,47,49);2-6H,1H3;3*1H4;1H/p+1/t19-,20+,21+,22+,23+,26+,33+,60?;19-,20+,21+,22+,23+,26+,33+,58?,59?;;;;;/m00...../s1. The zero-order chi connectivity index (χ0) is 93.9. The number of para-hydroxylation sites is 1. The molecule has 5 fully saturated rings. The van der Waals surface area contributed by atoms with Gasteiger partial charge in [0.1, 0.15) is 61.4 Å². The lowest BCUT2D eigenvalue weighted by Gasteiger charge is -2.28. The van der Waals surface area contributed by atoms with E-state index >= 15 is 8.78 Å². The Hall–Kier alpha value is -10.3. The van der Waals surface area contributed by atoms with Crippen LogP contribution in [0.3, 0.4) is 0 Å². The van der Waals surface area contributed by atoms with Crippen LogP contribution in [0.1, 0.15) is 123 Å². The second kappa shape index (κ2) is 46.7. The first-order chi connectivity index (χ1) is 63.3. The number of aliphatic hydroxyl groups excluding tert-OH is 1. The predicted octanol–water partition coefficient (Wildman–Crippen LogP) is 11.7. The molecule has 5 aliphatic rings. The van der Waals surface area contributed by atoms with Gasteiger partial charge < -0.3 is 80.3 Å². The van der Waals surface area contributed by atoms with Gasteiger partial charge in [0, 0.05) is 48.5 Å². The zero-order valence-electron chi connectivity index (χ0n) is 69.6. The number of amides is 4. The Balaban J connectivity index is 0.000000246. The van der Waals surface area contributed by atoms with Gasteiger partial charge in [-0.15, -0.1) is 9.42 Å². The number of rotatable bonds is 28. The lowest BCUT2D eigenvalue weighted by atomic mass is 10.1. The number of anilines is 4. The number of H-pyrrole nitrogens is 2. The largest absolute Gasteiger partial charge is 0.695 e. The third-order valence-electron chi connectivity index (χ3n) is 19.9. The van der Waals surface area contributed by atoms with Gasteiger partial charge in [0.2, 0.25) is 23.7 Å². The maximum atomic E-state index is 16.4. The number of nitrogens with zero attached hydrogens (tertiary/aromatic N) is 16. The molecule has 724 valence electrons. The molecule has 0 radical (unpaired) electrons. The monoisotopic (exact) mass is 2030 g/mol. The molecule has 0 saturated carbocycles. The quantitative estimate of drug-likeness (QED) is 0.0162. The Labute approximate surface area is 785 Å². The van der Waals surface area contributed by atoms with Crippen LogP contribution in [0.25, 0.3) is 44.7 Å². The van der Waals surface area contributed by atoms with Gasteiger partial charge >= 0.3 is 37.0 Å². The lowest BCUT2D eigenvalue weighted by Crippen LogP contribution is -2.32. The molecule has 8 aromatic heterocycles. The molecule has 19 atom stereocenters. The van der Waals surface area contributed by atoms with Crippen molar-refractivity contribution in [1.82, 2.24) is 78.1 Å². The van der Waals surface area contributed by atoms with Crippen molar-refractivity contribution < 1.29 is 118 Å². The van der Waals surface area contributed by atoms with Crippen LogP contribution in [0, 0.1) is 34.5 Å². The van der Waals surface area contributed by atoms with Crippen molar-refractivity contribution in [2.45, 2.75) is 162 Å². The molecule has 0 aliphatic carbocycles. The fraction of sp³-hybridized carbons (Fsp3) is 0.436. The Morgan fingerprint density at radius 1 is 0.667 bits per heavy atom. The highest BCUT2D eigenvalue weighted by Crippen LogP contribution is 2.58. The van der Waals surface area contributed by atoms with Gasteiger partial charge in [0.05, 0.1) is 102 Å². The number of carbonyl (C=O) groups is 4. The van der Waals surface area contributed by atoms with Crippen LogP contribution < -0.4 is 36.9 Å². The lowest BCUT2D eigenvalue weighted by molar-refractivity contribution is -0.119. The predicted molar refractivity (Wildman–Crippen MR) is 490 cm³/mol. The number of nitriles is 2. The highest BCUT2D eigenvalue weighted by atomic mass is 35.7. The molecule has 3 aromatic carbocycles. The maximum absolute atomic E-state index is 16.4. The van der Waals surface area contributed by atoms with Crippen molar-refractivity contribution in [2.75, 3.05) is 67.6 Å². The average Bonchev–Trinajstić information content (AvgIpc) is 1.60. The van der Waals surface area contributed by atoms with E-state index in [0.717, 1.165) is 10.9 Å². The third kappa shape index (κ3) is 25.6. The van der Waals surface area contributed by atoms with Crippen LogP contribution in [0.4, 0.5) is 32.3 Å². The second-order valence-corrected chi connectivity index (χ2v) is 40.8. The van der Waals surface area contributed by atoms with E-state index in [1.165, 1.54) is 42.9 Å². The molecule has 5 saturated heterocycles. The van der Waals surface area contributed by atoms with E-state index in [4.69, 9.17) is 99.0 Å². The number of nitrogens with one attached hydrogen (secondary N) is 6. The molecule has 2 bridgehead atoms. The molecule has 16 rings (SSSR count). The summed E-state index contributed by atoms with van der Waals surface area (Å²) in [6.07, 6.45) is -11.4. The van der Waals surface area contributed by atoms with E-state index in [0.29, 0.717) is 22.5 Å². The van der Waals surface area contributed by atoms with Gasteiger partial charge in [-0.2, -0.15) is 20.5 Å². The Kier molecular flexibility index (Phi) is 36.4. The molecule has 47 nitrogen and oxygen atoms in total. The highest BCUT2D eigenvalue weighted by Gasteiger charge is 2.55. The number of hydrogen-bond acceptors (Lipinski definition) is 38. The van der Waals surface area contributed by atoms with E-state index in [1.807, 2.05) is 18.2 Å². The normalized spacial score (nSPS) is 24.7. The SMILES string of the molecule is C.C.C.CC(C)C(=O)Nc1nc2c(ncn2[C@@H]2O[C@@H]3COP(=S)(OCCC#N)O[C@H]4C[C@H](n5cnc6c(NC(=O)c7ccccc7)ncnc65)O[C@@H]4COP(O)O[C@@H]2[C@@H]3F)c(=O)[nH]1.CC(C)C(=O)Nc1nc2c(ncn2[C@@H]2O[C@H](COP(=S)(OCCC#N)O[C@H]3C[C@H](n4cnc5c(NC(=O)c6ccccc6)ncnc54)O[C@@H]3CO)[C@@H](F)[C@H]2O[P+](=O)O)c(=O)[nH]1.CP(=O)(Cl)Oc1ccccc1.[HH]. The Morgan fingerprint density at radius 2 is 1.18 bits per heavy atom. The molecule has 135 heavy (non-hydrogen) atoms. The van der Waals surface area contributed by atoms with Gasteiger partial charge in [-0.3, -0.25) is 72.2 Å². The molecule has 0 spiro atoms. The third-order valence-corrected chi connectivity index (χ3v) is 26.7. The first-order valence-corrected chi connectivity index (χ1v) is 50.3. The fourth-order valence-corrected chi connectivity index (χ4v) is 19.8. The summed E-state index contributed by atoms with van der Waals surface area (Å²) in [5, 5.41) is 39.2. The maximum Gasteiger partial charge on any atom is 0.695 e. The minimum Gasteiger partial charge on any atom is -0.433 e. The van der Waals surface area contributed by atoms with E-state index in [9.17, 15) is 63.3 Å². The van der Waals surface area contributed by atoms with Gasteiger partial charge in [0.25, 0.3) is 22.9 Å². The molecule has 5 aliphatic heterocycles. The van der Waals surface area contributed by atoms with E-state index in [1.54, 1.807) is 122 Å². The van der Waals surface area contributed by atoms with Crippen LogP contribution in [-0.4, -0.2) is 224 Å². The first kappa shape index (κ1) is 105. The number of aromatic nitrogens is 16. The van der Waals surface area contributed by atoms with Gasteiger partial charge in [-0.1, -0.05) is 105 Å². The number of hydrogen-bond donors (Lipinski definition) is 9. The molecule has 57 heteroatoms. The summed E-state index contributed by atoms with van der Waals surface area (Å²) >= 11 is 16.9. The summed E-state index contributed by atoms with van der Waals surface area (Å²) in [4.78, 5) is 145. The van der Waals surface area contributed by atoms with E-state index in [2.05, 4.69) is 81.1 Å². The van der Waals surface area contributed by atoms with Crippen molar-refractivity contribution >= 4 is 164 Å². The van der Waals surface area contributed by atoms with Crippen molar-refractivity contribution in [2.24, 2.45) is 11.8 Å². The van der Waals surface area contributed by atoms with Crippen LogP contribution in [0.2, 0.25) is 0 Å². The molecule has 9 N–H and O–H groups in total. The number of benzene rings is 3. The summed E-state index contributed by atoms with van der Waals surface area (Å²) in [6.45, 7) is -5.33. The van der Waals surface area contributed by atoms with Crippen molar-refractivity contribution in [3.05, 3.63) is 161 Å². The number of carbonyl (C=O) groups excluding carboxylic acids is 4. The van der Waals surface area contributed by atoms with Gasteiger partial charge in [0.15, 0.2) is 87.2 Å². The number of aromatic amines is 2. The van der Waals surface area contributed by atoms with Crippen LogP contribution in [0.15, 0.2) is 139 Å². The van der Waals surface area contributed by atoms with E-state index < -0.39 is 190 Å². The fourth-order valence-electron chi connectivity index (χ4n) is 13.6. The minimum absolute atomic E-state index is 0. The molecular formula is C78H95ClF2N22O25P5S2+. The second-order valence-electron chi connectivity index (χ2n) is 29.7. The van der Waals surface area contributed by atoms with Crippen molar-refractivity contribution in [1.29, 1.82) is 10.5 Å². The Morgan fingerprint density at radius 3 is 1.70 bits per heavy atom. The van der Waals surface area contributed by atoms with Crippen LogP contribution in [0.5, 0.6) is 5.75 Å². The molecule has 11 aromatic rings. The van der Waals surface area contributed by atoms with E-state index in [-0.39, 0.29) is 132 Å². The number of halogens is 3. The molecule has 5 unspecified atom stereocenters. The summed E-state index contributed by atoms with van der Waals surface area (Å²) in [6, 6.07) is 29.8. The molecular weight excluding hydrogens is 1940 g/mol. The Bertz CT molecular complexity index is 6400. The summed E-state index contributed by atoms with van der Waals surface area (Å²) in [5.41, 5.74) is -0.125. The highest BCUT2D eigenvalue weighted by molar-refractivity contribution is 8.07.